The van der Waals surface area contributed by atoms with Crippen LogP contribution in [0.2, 0.25) is 0 Å². The summed E-state index contributed by atoms with van der Waals surface area (Å²) in [6.45, 7) is 3.75. The summed E-state index contributed by atoms with van der Waals surface area (Å²) >= 11 is 0. The monoisotopic (exact) mass is 403 g/mol. The van der Waals surface area contributed by atoms with E-state index >= 15 is 0 Å². The number of ether oxygens (including phenoxy) is 1. The Morgan fingerprint density at radius 1 is 0.933 bits per heavy atom. The first-order chi connectivity index (χ1) is 14.7. The smallest absolute Gasteiger partial charge is 0.256 e. The molecule has 1 fully saturated rings. The third-order valence-corrected chi connectivity index (χ3v) is 5.18. The van der Waals surface area contributed by atoms with Gasteiger partial charge in [0.15, 0.2) is 0 Å². The number of methoxy groups -OCH3 is 1. The fourth-order valence-corrected chi connectivity index (χ4v) is 3.52. The third kappa shape index (κ3) is 4.68. The van der Waals surface area contributed by atoms with Crippen molar-refractivity contribution in [2.24, 2.45) is 0 Å². The van der Waals surface area contributed by atoms with Gasteiger partial charge >= 0.3 is 0 Å². The largest absolute Gasteiger partial charge is 0.497 e. The van der Waals surface area contributed by atoms with Gasteiger partial charge < -0.3 is 19.9 Å². The summed E-state index contributed by atoms with van der Waals surface area (Å²) in [6.07, 6.45) is 4.70. The number of hydrogen-bond acceptors (Lipinski definition) is 6. The highest BCUT2D eigenvalue weighted by Gasteiger charge is 2.16. The highest BCUT2D eigenvalue weighted by atomic mass is 16.5. The van der Waals surface area contributed by atoms with Gasteiger partial charge in [0.1, 0.15) is 17.4 Å². The van der Waals surface area contributed by atoms with Crippen LogP contribution in [0, 0.1) is 0 Å². The molecule has 0 aliphatic carbocycles. The van der Waals surface area contributed by atoms with Crippen LogP contribution in [0.3, 0.4) is 0 Å². The summed E-state index contributed by atoms with van der Waals surface area (Å²) in [6, 6.07) is 16.9. The lowest BCUT2D eigenvalue weighted by Gasteiger charge is -2.24. The Morgan fingerprint density at radius 3 is 2.43 bits per heavy atom. The fourth-order valence-electron chi connectivity index (χ4n) is 3.52. The third-order valence-electron chi connectivity index (χ3n) is 5.18. The molecule has 0 radical (unpaired) electrons. The molecule has 1 aliphatic heterocycles. The maximum atomic E-state index is 12.4. The number of carbonyl (C=O) groups is 1. The van der Waals surface area contributed by atoms with E-state index in [1.165, 1.54) is 0 Å². The zero-order chi connectivity index (χ0) is 20.8. The van der Waals surface area contributed by atoms with Gasteiger partial charge in [0.25, 0.3) is 5.91 Å². The molecule has 1 aromatic carbocycles. The Labute approximate surface area is 176 Å². The summed E-state index contributed by atoms with van der Waals surface area (Å²) in [5, 5.41) is 2.84. The number of hydrogen-bond donors (Lipinski definition) is 1. The van der Waals surface area contributed by atoms with Crippen molar-refractivity contribution in [3.05, 3.63) is 72.6 Å². The lowest BCUT2D eigenvalue weighted by atomic mass is 10.2. The van der Waals surface area contributed by atoms with Gasteiger partial charge in [0.05, 0.1) is 19.0 Å². The predicted octanol–water partition coefficient (Wildman–Crippen LogP) is 3.45. The van der Waals surface area contributed by atoms with Gasteiger partial charge in [-0.05, 0) is 55.0 Å². The molecular weight excluding hydrogens is 378 g/mol. The van der Waals surface area contributed by atoms with E-state index in [4.69, 9.17) is 4.74 Å². The second kappa shape index (κ2) is 9.26. The summed E-state index contributed by atoms with van der Waals surface area (Å²) in [4.78, 5) is 25.9. The molecule has 1 aliphatic rings. The Kier molecular flexibility index (Phi) is 6.08. The van der Waals surface area contributed by atoms with Crippen molar-refractivity contribution in [2.45, 2.75) is 6.42 Å². The van der Waals surface area contributed by atoms with Crippen LogP contribution in [0.25, 0.3) is 0 Å². The SMILES string of the molecule is COc1ccc(C(=O)Nc2ccc(N3CCCN(c4ccccn4)CC3)cn2)cc1. The van der Waals surface area contributed by atoms with Crippen molar-refractivity contribution in [3.63, 3.8) is 0 Å². The van der Waals surface area contributed by atoms with Crippen molar-refractivity contribution >= 4 is 23.2 Å². The second-order valence-electron chi connectivity index (χ2n) is 7.10. The molecule has 3 heterocycles. The van der Waals surface area contributed by atoms with E-state index in [2.05, 4.69) is 31.2 Å². The quantitative estimate of drug-likeness (QED) is 0.704. The molecule has 0 unspecified atom stereocenters. The lowest BCUT2D eigenvalue weighted by Crippen LogP contribution is -2.31. The number of rotatable bonds is 5. The molecule has 1 saturated heterocycles. The summed E-state index contributed by atoms with van der Waals surface area (Å²) < 4.78 is 5.12. The van der Waals surface area contributed by atoms with Gasteiger partial charge in [-0.2, -0.15) is 0 Å². The number of anilines is 3. The van der Waals surface area contributed by atoms with Crippen molar-refractivity contribution in [1.82, 2.24) is 9.97 Å². The van der Waals surface area contributed by atoms with Crippen molar-refractivity contribution in [1.29, 1.82) is 0 Å². The Balaban J connectivity index is 1.36. The fraction of sp³-hybridized carbons (Fsp3) is 0.261. The van der Waals surface area contributed by atoms with Crippen molar-refractivity contribution < 1.29 is 9.53 Å². The molecule has 4 rings (SSSR count). The van der Waals surface area contributed by atoms with E-state index < -0.39 is 0 Å². The molecule has 154 valence electrons. The molecule has 0 spiro atoms. The van der Waals surface area contributed by atoms with Crippen molar-refractivity contribution in [3.8, 4) is 5.75 Å². The van der Waals surface area contributed by atoms with Crippen LogP contribution in [-0.2, 0) is 0 Å². The Morgan fingerprint density at radius 2 is 1.73 bits per heavy atom. The number of amides is 1. The minimum Gasteiger partial charge on any atom is -0.497 e. The van der Waals surface area contributed by atoms with E-state index in [-0.39, 0.29) is 5.91 Å². The minimum absolute atomic E-state index is 0.196. The van der Waals surface area contributed by atoms with E-state index in [9.17, 15) is 4.79 Å². The number of nitrogens with zero attached hydrogens (tertiary/aromatic N) is 4. The van der Waals surface area contributed by atoms with Gasteiger partial charge in [-0.15, -0.1) is 0 Å². The van der Waals surface area contributed by atoms with Crippen LogP contribution < -0.4 is 19.9 Å². The Hall–Kier alpha value is -3.61. The average molecular weight is 403 g/mol. The molecule has 0 saturated carbocycles. The number of benzene rings is 1. The molecule has 7 nitrogen and oxygen atoms in total. The standard InChI is InChI=1S/C23H25N5O2/c1-30-20-9-6-18(7-10-20)23(29)26-21-11-8-19(17-25-21)27-13-4-14-28(16-15-27)22-5-2-3-12-24-22/h2-3,5-12,17H,4,13-16H2,1H3,(H,25,26,29). The normalized spacial score (nSPS) is 14.2. The highest BCUT2D eigenvalue weighted by molar-refractivity contribution is 6.03. The second-order valence-corrected chi connectivity index (χ2v) is 7.10. The van der Waals surface area contributed by atoms with Gasteiger partial charge in [-0.25, -0.2) is 9.97 Å². The maximum Gasteiger partial charge on any atom is 0.256 e. The molecule has 30 heavy (non-hydrogen) atoms. The first kappa shape index (κ1) is 19.7. The minimum atomic E-state index is -0.196. The van der Waals surface area contributed by atoms with Gasteiger partial charge in [-0.3, -0.25) is 4.79 Å². The van der Waals surface area contributed by atoms with Crippen LogP contribution in [0.5, 0.6) is 5.75 Å². The van der Waals surface area contributed by atoms with Gasteiger partial charge in [0, 0.05) is 37.9 Å². The zero-order valence-electron chi connectivity index (χ0n) is 17.0. The summed E-state index contributed by atoms with van der Waals surface area (Å²) in [5.41, 5.74) is 1.61. The summed E-state index contributed by atoms with van der Waals surface area (Å²) in [5.74, 6) is 2.07. The first-order valence-electron chi connectivity index (χ1n) is 10.1. The highest BCUT2D eigenvalue weighted by Crippen LogP contribution is 2.20. The van der Waals surface area contributed by atoms with Crippen LogP contribution in [0.4, 0.5) is 17.3 Å². The average Bonchev–Trinajstić information content (AvgIpc) is 3.07. The molecule has 7 heteroatoms. The van der Waals surface area contributed by atoms with Crippen LogP contribution >= 0.6 is 0 Å². The molecule has 1 N–H and O–H groups in total. The topological polar surface area (TPSA) is 70.6 Å². The van der Waals surface area contributed by atoms with Crippen LogP contribution in [0.1, 0.15) is 16.8 Å². The Bertz CT molecular complexity index is 961. The lowest BCUT2D eigenvalue weighted by molar-refractivity contribution is 0.102. The van der Waals surface area contributed by atoms with Gasteiger partial charge in [0.2, 0.25) is 0 Å². The number of carbonyl (C=O) groups excluding carboxylic acids is 1. The molecule has 0 atom stereocenters. The molecule has 3 aromatic rings. The van der Waals surface area contributed by atoms with Crippen LogP contribution in [0.15, 0.2) is 67.0 Å². The molecule has 0 bridgehead atoms. The molecule has 2 aromatic heterocycles. The van der Waals surface area contributed by atoms with Gasteiger partial charge in [-0.1, -0.05) is 6.07 Å². The number of pyridine rings is 2. The number of aromatic nitrogens is 2. The van der Waals surface area contributed by atoms with Crippen LogP contribution in [-0.4, -0.2) is 49.2 Å². The predicted molar refractivity (Wildman–Crippen MR) is 118 cm³/mol. The number of nitrogens with one attached hydrogen (secondary N) is 1. The van der Waals surface area contributed by atoms with E-state index in [0.717, 1.165) is 44.1 Å². The maximum absolute atomic E-state index is 12.4. The van der Waals surface area contributed by atoms with E-state index in [1.807, 2.05) is 36.7 Å². The summed E-state index contributed by atoms with van der Waals surface area (Å²) in [7, 11) is 1.60. The molecule has 1 amide bonds. The van der Waals surface area contributed by atoms with E-state index in [1.54, 1.807) is 31.4 Å². The zero-order valence-corrected chi connectivity index (χ0v) is 17.0. The van der Waals surface area contributed by atoms with Crippen molar-refractivity contribution in [2.75, 3.05) is 48.4 Å². The first-order valence-corrected chi connectivity index (χ1v) is 10.1. The van der Waals surface area contributed by atoms with E-state index in [0.29, 0.717) is 17.1 Å². The molecular formula is C23H25N5O2.